The zero-order chi connectivity index (χ0) is 12.3. The Balaban J connectivity index is 0.00000162. The SMILES string of the molecule is Cl.Cn1nccc1S(=O)(=O)NCC1=CCNCC1. The zero-order valence-electron chi connectivity index (χ0n) is 10.1. The monoisotopic (exact) mass is 292 g/mol. The summed E-state index contributed by atoms with van der Waals surface area (Å²) in [7, 11) is -1.85. The van der Waals surface area contributed by atoms with Gasteiger partial charge >= 0.3 is 0 Å². The van der Waals surface area contributed by atoms with E-state index in [0.29, 0.717) is 6.54 Å². The fraction of sp³-hybridized carbons (Fsp3) is 0.500. The third-order valence-corrected chi connectivity index (χ3v) is 4.17. The predicted octanol–water partition coefficient (Wildman–Crippen LogP) is 0.0399. The van der Waals surface area contributed by atoms with Gasteiger partial charge in [0.25, 0.3) is 10.0 Å². The van der Waals surface area contributed by atoms with Crippen LogP contribution in [0.15, 0.2) is 28.9 Å². The van der Waals surface area contributed by atoms with Crippen LogP contribution in [0.4, 0.5) is 0 Å². The molecule has 0 spiro atoms. The molecule has 0 saturated heterocycles. The van der Waals surface area contributed by atoms with Gasteiger partial charge in [-0.15, -0.1) is 12.4 Å². The number of aryl methyl sites for hydroxylation is 1. The number of sulfonamides is 1. The van der Waals surface area contributed by atoms with E-state index in [1.54, 1.807) is 7.05 Å². The maximum absolute atomic E-state index is 11.9. The lowest BCUT2D eigenvalue weighted by atomic mass is 10.1. The standard InChI is InChI=1S/C10H16N4O2S.ClH/c1-14-10(4-7-12-14)17(15,16)13-8-9-2-5-11-6-3-9;/h2,4,7,11,13H,3,5-6,8H2,1H3;1H. The average Bonchev–Trinajstić information content (AvgIpc) is 2.75. The van der Waals surface area contributed by atoms with E-state index in [2.05, 4.69) is 15.1 Å². The van der Waals surface area contributed by atoms with Crippen molar-refractivity contribution in [1.82, 2.24) is 19.8 Å². The summed E-state index contributed by atoms with van der Waals surface area (Å²) in [6, 6.07) is 1.49. The van der Waals surface area contributed by atoms with Crippen LogP contribution in [0.5, 0.6) is 0 Å². The van der Waals surface area contributed by atoms with Crippen molar-refractivity contribution in [3.63, 3.8) is 0 Å². The topological polar surface area (TPSA) is 76.0 Å². The molecule has 18 heavy (non-hydrogen) atoms. The Morgan fingerprint density at radius 3 is 2.89 bits per heavy atom. The molecule has 1 aromatic rings. The molecule has 0 unspecified atom stereocenters. The molecule has 6 nitrogen and oxygen atoms in total. The van der Waals surface area contributed by atoms with Gasteiger partial charge in [0, 0.05) is 20.1 Å². The molecule has 0 fully saturated rings. The van der Waals surface area contributed by atoms with Gasteiger partial charge in [-0.1, -0.05) is 11.6 Å². The van der Waals surface area contributed by atoms with E-state index in [-0.39, 0.29) is 17.4 Å². The van der Waals surface area contributed by atoms with Crippen molar-refractivity contribution >= 4 is 22.4 Å². The highest BCUT2D eigenvalue weighted by molar-refractivity contribution is 7.89. The van der Waals surface area contributed by atoms with Gasteiger partial charge in [0.15, 0.2) is 5.03 Å². The molecule has 0 amide bonds. The van der Waals surface area contributed by atoms with Gasteiger partial charge in [-0.3, -0.25) is 4.68 Å². The van der Waals surface area contributed by atoms with Crippen LogP contribution in [-0.2, 0) is 17.1 Å². The normalized spacial score (nSPS) is 15.9. The van der Waals surface area contributed by atoms with Crippen molar-refractivity contribution in [2.45, 2.75) is 11.4 Å². The summed E-state index contributed by atoms with van der Waals surface area (Å²) in [5.41, 5.74) is 1.12. The number of nitrogens with one attached hydrogen (secondary N) is 2. The minimum absolute atomic E-state index is 0. The van der Waals surface area contributed by atoms with Crippen LogP contribution in [0.1, 0.15) is 6.42 Å². The third kappa shape index (κ3) is 3.55. The van der Waals surface area contributed by atoms with Gasteiger partial charge in [-0.2, -0.15) is 5.10 Å². The maximum atomic E-state index is 11.9. The van der Waals surface area contributed by atoms with E-state index < -0.39 is 10.0 Å². The molecule has 102 valence electrons. The minimum Gasteiger partial charge on any atom is -0.313 e. The van der Waals surface area contributed by atoms with Crippen molar-refractivity contribution < 1.29 is 8.42 Å². The number of nitrogens with zero attached hydrogens (tertiary/aromatic N) is 2. The Hall–Kier alpha value is -0.890. The summed E-state index contributed by atoms with van der Waals surface area (Å²) in [4.78, 5) is 0. The fourth-order valence-electron chi connectivity index (χ4n) is 1.72. The Bertz CT molecular complexity index is 524. The Morgan fingerprint density at radius 1 is 1.56 bits per heavy atom. The van der Waals surface area contributed by atoms with Gasteiger partial charge in [-0.05, 0) is 19.0 Å². The summed E-state index contributed by atoms with van der Waals surface area (Å²) in [6.45, 7) is 2.08. The largest absolute Gasteiger partial charge is 0.313 e. The molecule has 0 bridgehead atoms. The Morgan fingerprint density at radius 2 is 2.33 bits per heavy atom. The maximum Gasteiger partial charge on any atom is 0.257 e. The molecule has 2 rings (SSSR count). The number of hydrogen-bond acceptors (Lipinski definition) is 4. The first-order valence-corrected chi connectivity index (χ1v) is 6.94. The minimum atomic E-state index is -3.46. The quantitative estimate of drug-likeness (QED) is 0.768. The van der Waals surface area contributed by atoms with Crippen LogP contribution in [0, 0.1) is 0 Å². The Kier molecular flexibility index (Phi) is 5.33. The van der Waals surface area contributed by atoms with E-state index in [4.69, 9.17) is 0 Å². The molecule has 8 heteroatoms. The molecule has 0 radical (unpaired) electrons. The fourth-order valence-corrected chi connectivity index (χ4v) is 2.88. The van der Waals surface area contributed by atoms with Gasteiger partial charge in [0.05, 0.1) is 6.20 Å². The molecule has 0 saturated carbocycles. The number of halogens is 1. The first-order chi connectivity index (χ1) is 8.09. The van der Waals surface area contributed by atoms with Crippen molar-refractivity contribution in [1.29, 1.82) is 0 Å². The van der Waals surface area contributed by atoms with E-state index in [1.807, 2.05) is 6.08 Å². The molecule has 2 heterocycles. The number of aromatic nitrogens is 2. The molecule has 0 aromatic carbocycles. The van der Waals surface area contributed by atoms with E-state index >= 15 is 0 Å². The molecular formula is C10H17ClN4O2S. The smallest absolute Gasteiger partial charge is 0.257 e. The second-order valence-electron chi connectivity index (χ2n) is 3.93. The average molecular weight is 293 g/mol. The lowest BCUT2D eigenvalue weighted by molar-refractivity contribution is 0.564. The molecule has 1 aliphatic rings. The van der Waals surface area contributed by atoms with Crippen molar-refractivity contribution in [3.05, 3.63) is 23.9 Å². The predicted molar refractivity (Wildman–Crippen MR) is 71.2 cm³/mol. The molecule has 0 aliphatic carbocycles. The highest BCUT2D eigenvalue weighted by Crippen LogP contribution is 2.08. The second kappa shape index (κ2) is 6.33. The molecule has 1 aliphatic heterocycles. The van der Waals surface area contributed by atoms with Gasteiger partial charge in [-0.25, -0.2) is 13.1 Å². The van der Waals surface area contributed by atoms with Gasteiger partial charge < -0.3 is 5.32 Å². The van der Waals surface area contributed by atoms with Gasteiger partial charge in [0.1, 0.15) is 0 Å². The third-order valence-electron chi connectivity index (χ3n) is 2.70. The number of hydrogen-bond donors (Lipinski definition) is 2. The molecule has 1 aromatic heterocycles. The van der Waals surface area contributed by atoms with Crippen LogP contribution in [0.2, 0.25) is 0 Å². The highest BCUT2D eigenvalue weighted by atomic mass is 35.5. The summed E-state index contributed by atoms with van der Waals surface area (Å²) >= 11 is 0. The summed E-state index contributed by atoms with van der Waals surface area (Å²) in [6.07, 6.45) is 4.38. The first-order valence-electron chi connectivity index (χ1n) is 5.46. The van der Waals surface area contributed by atoms with Crippen LogP contribution in [-0.4, -0.2) is 37.8 Å². The van der Waals surface area contributed by atoms with Crippen molar-refractivity contribution in [3.8, 4) is 0 Å². The van der Waals surface area contributed by atoms with Crippen LogP contribution < -0.4 is 10.0 Å². The zero-order valence-corrected chi connectivity index (χ0v) is 11.7. The van der Waals surface area contributed by atoms with Crippen molar-refractivity contribution in [2.75, 3.05) is 19.6 Å². The molecule has 2 N–H and O–H groups in total. The van der Waals surface area contributed by atoms with E-state index in [1.165, 1.54) is 16.9 Å². The first kappa shape index (κ1) is 15.2. The van der Waals surface area contributed by atoms with Crippen LogP contribution in [0.25, 0.3) is 0 Å². The summed E-state index contributed by atoms with van der Waals surface area (Å²) in [5, 5.41) is 7.22. The van der Waals surface area contributed by atoms with Crippen molar-refractivity contribution in [2.24, 2.45) is 7.05 Å². The second-order valence-corrected chi connectivity index (χ2v) is 5.65. The van der Waals surface area contributed by atoms with E-state index in [9.17, 15) is 8.42 Å². The lowest BCUT2D eigenvalue weighted by Crippen LogP contribution is -2.30. The van der Waals surface area contributed by atoms with Crippen LogP contribution >= 0.6 is 12.4 Å². The highest BCUT2D eigenvalue weighted by Gasteiger charge is 2.18. The molecular weight excluding hydrogens is 276 g/mol. The summed E-state index contributed by atoms with van der Waals surface area (Å²) in [5.74, 6) is 0. The van der Waals surface area contributed by atoms with E-state index in [0.717, 1.165) is 25.1 Å². The Labute approximate surface area is 113 Å². The lowest BCUT2D eigenvalue weighted by Gasteiger charge is -2.14. The number of rotatable bonds is 4. The van der Waals surface area contributed by atoms with Crippen LogP contribution in [0.3, 0.4) is 0 Å². The summed E-state index contributed by atoms with van der Waals surface area (Å²) < 4.78 is 27.8. The van der Waals surface area contributed by atoms with Gasteiger partial charge in [0.2, 0.25) is 0 Å². The molecule has 0 atom stereocenters.